The number of benzene rings is 1. The van der Waals surface area contributed by atoms with Crippen molar-refractivity contribution in [2.24, 2.45) is 10.9 Å². The lowest BCUT2D eigenvalue weighted by Crippen LogP contribution is -2.45. The number of hydrogen-bond donors (Lipinski definition) is 0. The largest absolute Gasteiger partial charge is 0.373 e. The van der Waals surface area contributed by atoms with Crippen LogP contribution in [0.4, 0.5) is 4.39 Å². The van der Waals surface area contributed by atoms with Crippen molar-refractivity contribution in [3.63, 3.8) is 0 Å². The average molecular weight is 510 g/mol. The number of ether oxygens (including phenoxy) is 1. The summed E-state index contributed by atoms with van der Waals surface area (Å²) in [6.07, 6.45) is 2.00. The molecule has 4 rings (SSSR count). The molecule has 2 amide bonds. The number of methoxy groups -OCH3 is 1. The van der Waals surface area contributed by atoms with Gasteiger partial charge in [0.2, 0.25) is 0 Å². The third-order valence-electron chi connectivity index (χ3n) is 7.26. The van der Waals surface area contributed by atoms with E-state index < -0.39 is 17.7 Å². The van der Waals surface area contributed by atoms with Gasteiger partial charge in [0.25, 0.3) is 11.8 Å². The number of likely N-dealkylation sites (tertiary alicyclic amines) is 1. The molecular formula is C25H30Cl2FN3O3. The first kappa shape index (κ1) is 25.3. The van der Waals surface area contributed by atoms with E-state index in [1.165, 1.54) is 7.11 Å². The van der Waals surface area contributed by atoms with Gasteiger partial charge in [-0.05, 0) is 57.9 Å². The topological polar surface area (TPSA) is 62.2 Å². The Morgan fingerprint density at radius 1 is 1.24 bits per heavy atom. The molecule has 3 heterocycles. The Balaban J connectivity index is 1.67. The quantitative estimate of drug-likeness (QED) is 0.578. The fraction of sp³-hybridized carbons (Fsp3) is 0.560. The summed E-state index contributed by atoms with van der Waals surface area (Å²) in [5.74, 6) is -1.06. The molecule has 9 heteroatoms. The molecular weight excluding hydrogens is 480 g/mol. The molecule has 3 aliphatic rings. The summed E-state index contributed by atoms with van der Waals surface area (Å²) in [4.78, 5) is 33.8. The number of rotatable bonds is 5. The van der Waals surface area contributed by atoms with E-state index in [-0.39, 0.29) is 28.9 Å². The van der Waals surface area contributed by atoms with E-state index in [4.69, 9.17) is 27.9 Å². The summed E-state index contributed by atoms with van der Waals surface area (Å²) in [5, 5.41) is 0.555. The maximum Gasteiger partial charge on any atom is 0.255 e. The molecule has 0 bridgehead atoms. The van der Waals surface area contributed by atoms with Crippen molar-refractivity contribution in [3.8, 4) is 0 Å². The average Bonchev–Trinajstić information content (AvgIpc) is 2.77. The van der Waals surface area contributed by atoms with Gasteiger partial charge in [0.1, 0.15) is 11.8 Å². The van der Waals surface area contributed by atoms with Crippen LogP contribution in [0.5, 0.6) is 0 Å². The van der Waals surface area contributed by atoms with Crippen molar-refractivity contribution in [2.75, 3.05) is 40.3 Å². The van der Waals surface area contributed by atoms with Gasteiger partial charge in [-0.25, -0.2) is 9.38 Å². The van der Waals surface area contributed by atoms with Crippen LogP contribution in [0, 0.1) is 5.92 Å². The first-order chi connectivity index (χ1) is 16.1. The number of dihydropyridines is 1. The Morgan fingerprint density at radius 2 is 1.91 bits per heavy atom. The van der Waals surface area contributed by atoms with Gasteiger partial charge < -0.3 is 14.5 Å². The van der Waals surface area contributed by atoms with Crippen LogP contribution in [-0.4, -0.2) is 73.3 Å². The Hall–Kier alpha value is -1.80. The number of amides is 2. The smallest absolute Gasteiger partial charge is 0.255 e. The second-order valence-corrected chi connectivity index (χ2v) is 10.4. The number of allylic oxidation sites excluding steroid dienone is 1. The van der Waals surface area contributed by atoms with E-state index in [0.717, 1.165) is 5.57 Å². The molecule has 1 saturated heterocycles. The first-order valence-corrected chi connectivity index (χ1v) is 12.3. The minimum absolute atomic E-state index is 0.174. The molecule has 0 N–H and O–H groups in total. The van der Waals surface area contributed by atoms with E-state index in [2.05, 4.69) is 9.89 Å². The number of carbonyl (C=O) groups excluding carboxylic acids is 2. The molecule has 1 fully saturated rings. The standard InChI is InChI=1S/C25H30Cl2FN3O3/c1-14-11-15(2)29-23(32)18(14)13-31-8-5-16-19(26)12-17(21(27)20(16)24(31)33)22(34-4)25(28)6-9-30(3)10-7-25/h11-12,18,22H,5-10,13H2,1-4H3. The predicted octanol–water partition coefficient (Wildman–Crippen LogP) is 4.68. The number of aliphatic imine (C=N–C) groups is 1. The number of fused-ring (bicyclic) bond motifs is 1. The van der Waals surface area contributed by atoms with Crippen LogP contribution in [0.3, 0.4) is 0 Å². The number of piperidine rings is 1. The molecule has 184 valence electrons. The minimum atomic E-state index is -1.62. The third kappa shape index (κ3) is 4.55. The molecule has 6 nitrogen and oxygen atoms in total. The van der Waals surface area contributed by atoms with E-state index in [1.807, 2.05) is 20.0 Å². The molecule has 3 aliphatic heterocycles. The van der Waals surface area contributed by atoms with Crippen molar-refractivity contribution in [1.29, 1.82) is 0 Å². The minimum Gasteiger partial charge on any atom is -0.373 e. The van der Waals surface area contributed by atoms with Crippen molar-refractivity contribution in [1.82, 2.24) is 9.80 Å². The van der Waals surface area contributed by atoms with E-state index in [1.54, 1.807) is 17.9 Å². The summed E-state index contributed by atoms with van der Waals surface area (Å²) in [5.41, 5.74) is 1.23. The molecule has 1 aromatic rings. The Kier molecular flexibility index (Phi) is 7.21. The molecule has 2 unspecified atom stereocenters. The summed E-state index contributed by atoms with van der Waals surface area (Å²) in [7, 11) is 3.41. The fourth-order valence-corrected chi connectivity index (χ4v) is 5.90. The van der Waals surface area contributed by atoms with Gasteiger partial charge >= 0.3 is 0 Å². The number of hydrogen-bond acceptors (Lipinski definition) is 4. The van der Waals surface area contributed by atoms with E-state index in [0.29, 0.717) is 60.8 Å². The highest BCUT2D eigenvalue weighted by molar-refractivity contribution is 6.37. The highest BCUT2D eigenvalue weighted by Crippen LogP contribution is 2.46. The lowest BCUT2D eigenvalue weighted by atomic mass is 9.82. The van der Waals surface area contributed by atoms with Crippen LogP contribution in [-0.2, 0) is 16.0 Å². The van der Waals surface area contributed by atoms with Gasteiger partial charge in [-0.2, -0.15) is 0 Å². The number of alkyl halides is 1. The molecule has 34 heavy (non-hydrogen) atoms. The van der Waals surface area contributed by atoms with E-state index in [9.17, 15) is 9.59 Å². The third-order valence-corrected chi connectivity index (χ3v) is 8.00. The van der Waals surface area contributed by atoms with Gasteiger partial charge in [0.15, 0.2) is 0 Å². The van der Waals surface area contributed by atoms with Crippen molar-refractivity contribution in [3.05, 3.63) is 44.5 Å². The summed E-state index contributed by atoms with van der Waals surface area (Å²) < 4.78 is 21.7. The zero-order valence-corrected chi connectivity index (χ0v) is 21.5. The zero-order valence-electron chi connectivity index (χ0n) is 20.0. The lowest BCUT2D eigenvalue weighted by molar-refractivity contribution is -0.120. The number of carbonyl (C=O) groups is 2. The van der Waals surface area contributed by atoms with Gasteiger partial charge in [0, 0.05) is 49.6 Å². The number of halogens is 3. The summed E-state index contributed by atoms with van der Waals surface area (Å²) >= 11 is 13.4. The van der Waals surface area contributed by atoms with Crippen molar-refractivity contribution in [2.45, 2.75) is 44.9 Å². The van der Waals surface area contributed by atoms with Crippen LogP contribution in [0.15, 0.2) is 22.7 Å². The first-order valence-electron chi connectivity index (χ1n) is 11.5. The maximum absolute atomic E-state index is 16.0. The highest BCUT2D eigenvalue weighted by atomic mass is 35.5. The van der Waals surface area contributed by atoms with Crippen molar-refractivity contribution >= 4 is 40.7 Å². The Bertz CT molecular complexity index is 1080. The van der Waals surface area contributed by atoms with Gasteiger partial charge in [-0.1, -0.05) is 28.8 Å². The van der Waals surface area contributed by atoms with Crippen LogP contribution >= 0.6 is 23.2 Å². The molecule has 0 spiro atoms. The molecule has 0 aromatic heterocycles. The second-order valence-electron chi connectivity index (χ2n) is 9.60. The Morgan fingerprint density at radius 3 is 2.53 bits per heavy atom. The van der Waals surface area contributed by atoms with Crippen LogP contribution in [0.2, 0.25) is 10.0 Å². The molecule has 0 aliphatic carbocycles. The molecule has 0 radical (unpaired) electrons. The monoisotopic (exact) mass is 509 g/mol. The summed E-state index contributed by atoms with van der Waals surface area (Å²) in [6.45, 7) is 5.47. The highest BCUT2D eigenvalue weighted by Gasteiger charge is 2.45. The van der Waals surface area contributed by atoms with Crippen LogP contribution in [0.1, 0.15) is 54.3 Å². The summed E-state index contributed by atoms with van der Waals surface area (Å²) in [6, 6.07) is 1.65. The lowest BCUT2D eigenvalue weighted by Gasteiger charge is -2.40. The maximum atomic E-state index is 16.0. The Labute approximate surface area is 209 Å². The number of nitrogens with zero attached hydrogens (tertiary/aromatic N) is 3. The van der Waals surface area contributed by atoms with Gasteiger partial charge in [0.05, 0.1) is 16.5 Å². The SMILES string of the molecule is COC(c1cc(Cl)c2c(c1Cl)C(=O)N(CC1C(=O)N=C(C)C=C1C)CC2)C1(F)CCN(C)CC1. The van der Waals surface area contributed by atoms with Gasteiger partial charge in [-0.3, -0.25) is 9.59 Å². The van der Waals surface area contributed by atoms with E-state index >= 15 is 4.39 Å². The molecule has 2 atom stereocenters. The van der Waals surface area contributed by atoms with Gasteiger partial charge in [-0.15, -0.1) is 0 Å². The molecule has 1 aromatic carbocycles. The van der Waals surface area contributed by atoms with Crippen molar-refractivity contribution < 1.29 is 18.7 Å². The van der Waals surface area contributed by atoms with Crippen LogP contribution in [0.25, 0.3) is 0 Å². The second kappa shape index (κ2) is 9.69. The fourth-order valence-electron chi connectivity index (χ4n) is 5.24. The normalized spacial score (nSPS) is 24.0. The van der Waals surface area contributed by atoms with Crippen LogP contribution < -0.4 is 0 Å². The molecule has 0 saturated carbocycles. The zero-order chi connectivity index (χ0) is 24.8. The predicted molar refractivity (Wildman–Crippen MR) is 132 cm³/mol.